The Morgan fingerprint density at radius 3 is 2.55 bits per heavy atom. The second-order valence-electron chi connectivity index (χ2n) is 8.38. The highest BCUT2D eigenvalue weighted by atomic mass is 32.2. The van der Waals surface area contributed by atoms with E-state index in [2.05, 4.69) is 5.32 Å². The van der Waals surface area contributed by atoms with Gasteiger partial charge in [0, 0.05) is 38.7 Å². The predicted octanol–water partition coefficient (Wildman–Crippen LogP) is 1.65. The highest BCUT2D eigenvalue weighted by Crippen LogP contribution is 2.35. The lowest BCUT2D eigenvalue weighted by Gasteiger charge is -2.26. The van der Waals surface area contributed by atoms with E-state index in [1.165, 1.54) is 27.8 Å². The molecule has 0 spiro atoms. The lowest BCUT2D eigenvalue weighted by molar-refractivity contribution is -0.125. The predicted molar refractivity (Wildman–Crippen MR) is 125 cm³/mol. The van der Waals surface area contributed by atoms with Crippen LogP contribution in [0.5, 0.6) is 0 Å². The van der Waals surface area contributed by atoms with E-state index in [4.69, 9.17) is 4.74 Å². The van der Waals surface area contributed by atoms with E-state index in [1.54, 1.807) is 12.1 Å². The Bertz CT molecular complexity index is 1160. The Balaban J connectivity index is 1.49. The molecule has 9 heteroatoms. The quantitative estimate of drug-likeness (QED) is 0.691. The fraction of sp³-hybridized carbons (Fsp3) is 0.417. The smallest absolute Gasteiger partial charge is 0.243 e. The third-order valence-corrected chi connectivity index (χ3v) is 8.13. The molecule has 0 aromatic heterocycles. The van der Waals surface area contributed by atoms with Gasteiger partial charge in [0.05, 0.1) is 18.1 Å². The zero-order chi connectivity index (χ0) is 23.6. The number of sulfonamides is 1. The molecule has 1 unspecified atom stereocenters. The van der Waals surface area contributed by atoms with Crippen molar-refractivity contribution >= 4 is 27.5 Å². The van der Waals surface area contributed by atoms with Gasteiger partial charge >= 0.3 is 0 Å². The molecule has 0 aliphatic carbocycles. The van der Waals surface area contributed by atoms with Gasteiger partial charge in [0.25, 0.3) is 0 Å². The summed E-state index contributed by atoms with van der Waals surface area (Å²) >= 11 is 0. The van der Waals surface area contributed by atoms with Gasteiger partial charge in [-0.2, -0.15) is 4.31 Å². The van der Waals surface area contributed by atoms with Crippen molar-refractivity contribution in [1.29, 1.82) is 0 Å². The first-order valence-corrected chi connectivity index (χ1v) is 12.6. The topological polar surface area (TPSA) is 96.0 Å². The van der Waals surface area contributed by atoms with Crippen molar-refractivity contribution in [3.05, 3.63) is 59.2 Å². The number of amides is 2. The number of aryl methyl sites for hydroxylation is 1. The molecule has 0 radical (unpaired) electrons. The van der Waals surface area contributed by atoms with Crippen LogP contribution in [0.15, 0.2) is 47.4 Å². The average molecular weight is 472 g/mol. The summed E-state index contributed by atoms with van der Waals surface area (Å²) in [4.78, 5) is 27.0. The fourth-order valence-corrected chi connectivity index (χ4v) is 5.91. The first-order chi connectivity index (χ1) is 15.8. The minimum Gasteiger partial charge on any atom is -0.379 e. The van der Waals surface area contributed by atoms with E-state index in [9.17, 15) is 18.0 Å². The second kappa shape index (κ2) is 9.62. The minimum atomic E-state index is -3.66. The molecule has 2 aromatic carbocycles. The summed E-state index contributed by atoms with van der Waals surface area (Å²) in [7, 11) is -3.66. The summed E-state index contributed by atoms with van der Waals surface area (Å²) in [6, 6.07) is 12.1. The van der Waals surface area contributed by atoms with E-state index in [0.29, 0.717) is 50.5 Å². The van der Waals surface area contributed by atoms with E-state index in [0.717, 1.165) is 5.56 Å². The molecular formula is C24H29N3O5S. The number of carbonyl (C=O) groups is 2. The Labute approximate surface area is 194 Å². The second-order valence-corrected chi connectivity index (χ2v) is 10.3. The van der Waals surface area contributed by atoms with E-state index < -0.39 is 16.1 Å². The van der Waals surface area contributed by atoms with Crippen molar-refractivity contribution in [3.63, 3.8) is 0 Å². The van der Waals surface area contributed by atoms with Crippen LogP contribution >= 0.6 is 0 Å². The number of morpholine rings is 1. The van der Waals surface area contributed by atoms with Crippen molar-refractivity contribution < 1.29 is 22.7 Å². The molecule has 0 saturated carbocycles. The Kier molecular flexibility index (Phi) is 6.83. The Morgan fingerprint density at radius 2 is 1.85 bits per heavy atom. The number of hydrogen-bond donors (Lipinski definition) is 1. The summed E-state index contributed by atoms with van der Waals surface area (Å²) in [5.74, 6) is -0.496. The zero-order valence-corrected chi connectivity index (χ0v) is 19.7. The number of nitrogens with zero attached hydrogens (tertiary/aromatic N) is 2. The number of rotatable bonds is 6. The van der Waals surface area contributed by atoms with Gasteiger partial charge in [0.1, 0.15) is 6.04 Å². The van der Waals surface area contributed by atoms with E-state index in [-0.39, 0.29) is 23.1 Å². The van der Waals surface area contributed by atoms with Crippen molar-refractivity contribution in [2.75, 3.05) is 37.7 Å². The monoisotopic (exact) mass is 471 g/mol. The van der Waals surface area contributed by atoms with Crippen molar-refractivity contribution in [2.45, 2.75) is 37.6 Å². The van der Waals surface area contributed by atoms with Crippen LogP contribution in [0.2, 0.25) is 0 Å². The maximum Gasteiger partial charge on any atom is 0.243 e. The van der Waals surface area contributed by atoms with Crippen LogP contribution in [-0.2, 0) is 37.2 Å². The molecule has 1 fully saturated rings. The van der Waals surface area contributed by atoms with Gasteiger partial charge in [-0.1, -0.05) is 24.3 Å². The number of carbonyl (C=O) groups excluding carboxylic acids is 2. The minimum absolute atomic E-state index is 0.173. The first kappa shape index (κ1) is 23.4. The van der Waals surface area contributed by atoms with Crippen molar-refractivity contribution in [3.8, 4) is 0 Å². The largest absolute Gasteiger partial charge is 0.379 e. The molecule has 8 nitrogen and oxygen atoms in total. The van der Waals surface area contributed by atoms with Gasteiger partial charge in [-0.15, -0.1) is 0 Å². The van der Waals surface area contributed by atoms with Crippen LogP contribution < -0.4 is 10.2 Å². The van der Waals surface area contributed by atoms with Crippen molar-refractivity contribution in [1.82, 2.24) is 9.62 Å². The van der Waals surface area contributed by atoms with Crippen LogP contribution in [0.25, 0.3) is 0 Å². The number of anilines is 1. The first-order valence-electron chi connectivity index (χ1n) is 11.1. The van der Waals surface area contributed by atoms with Crippen LogP contribution in [0.4, 0.5) is 5.69 Å². The molecule has 2 aromatic rings. The van der Waals surface area contributed by atoms with Crippen LogP contribution in [0.1, 0.15) is 23.6 Å². The van der Waals surface area contributed by atoms with Gasteiger partial charge in [-0.05, 0) is 48.2 Å². The molecule has 1 atom stereocenters. The molecule has 2 aliphatic rings. The maximum atomic E-state index is 13.0. The zero-order valence-electron chi connectivity index (χ0n) is 18.9. The third-order valence-electron chi connectivity index (χ3n) is 6.24. The van der Waals surface area contributed by atoms with Crippen LogP contribution in [-0.4, -0.2) is 63.4 Å². The number of fused-ring (bicyclic) bond motifs is 1. The van der Waals surface area contributed by atoms with Crippen molar-refractivity contribution in [2.24, 2.45) is 0 Å². The summed E-state index contributed by atoms with van der Waals surface area (Å²) in [5, 5.41) is 2.94. The number of nitrogens with one attached hydrogen (secondary N) is 1. The molecule has 4 rings (SSSR count). The maximum absolute atomic E-state index is 13.0. The summed E-state index contributed by atoms with van der Waals surface area (Å²) in [5.41, 5.74) is 3.59. The third kappa shape index (κ3) is 4.80. The summed E-state index contributed by atoms with van der Waals surface area (Å²) in [6.45, 7) is 5.26. The Hall–Kier alpha value is -2.75. The fourth-order valence-electron chi connectivity index (χ4n) is 4.45. The molecular weight excluding hydrogens is 442 g/mol. The molecule has 2 aliphatic heterocycles. The van der Waals surface area contributed by atoms with Crippen LogP contribution in [0.3, 0.4) is 0 Å². The molecule has 2 heterocycles. The molecule has 33 heavy (non-hydrogen) atoms. The molecule has 176 valence electrons. The Morgan fingerprint density at radius 1 is 1.12 bits per heavy atom. The highest BCUT2D eigenvalue weighted by Gasteiger charge is 2.38. The van der Waals surface area contributed by atoms with Crippen LogP contribution in [0, 0.1) is 6.92 Å². The summed E-state index contributed by atoms with van der Waals surface area (Å²) in [6.07, 6.45) is 0.970. The number of ether oxygens (including phenoxy) is 1. The highest BCUT2D eigenvalue weighted by molar-refractivity contribution is 7.89. The molecule has 0 bridgehead atoms. The average Bonchev–Trinajstić information content (AvgIpc) is 3.20. The van der Waals surface area contributed by atoms with Gasteiger partial charge in [0.15, 0.2) is 0 Å². The van der Waals surface area contributed by atoms with Gasteiger partial charge in [-0.25, -0.2) is 8.42 Å². The molecule has 1 N–H and O–H groups in total. The van der Waals surface area contributed by atoms with Gasteiger partial charge in [0.2, 0.25) is 21.8 Å². The number of hydrogen-bond acceptors (Lipinski definition) is 5. The SMILES string of the molecule is CC(=O)N1c2ccc(S(=O)(=O)N3CCOCC3)cc2CC1C(=O)NCCc1ccccc1C. The standard InChI is InChI=1S/C24H29N3O5S/c1-17-5-3-4-6-19(17)9-10-25-24(29)23-16-20-15-21(7-8-22(20)27(23)18(2)28)33(30,31)26-11-13-32-14-12-26/h3-8,15,23H,9-14,16H2,1-2H3,(H,25,29). The molecule has 2 amide bonds. The van der Waals surface area contributed by atoms with Gasteiger partial charge < -0.3 is 10.1 Å². The lowest BCUT2D eigenvalue weighted by atomic mass is 10.1. The summed E-state index contributed by atoms with van der Waals surface area (Å²) < 4.78 is 32.7. The molecule has 1 saturated heterocycles. The van der Waals surface area contributed by atoms with E-state index >= 15 is 0 Å². The lowest BCUT2D eigenvalue weighted by Crippen LogP contribution is -2.47. The normalized spacial score (nSPS) is 18.7. The number of benzene rings is 2. The van der Waals surface area contributed by atoms with E-state index in [1.807, 2.05) is 31.2 Å². The van der Waals surface area contributed by atoms with Gasteiger partial charge in [-0.3, -0.25) is 14.5 Å².